The molecule has 1 aliphatic rings. The first-order valence-electron chi connectivity index (χ1n) is 5.38. The molecule has 1 aliphatic heterocycles. The topological polar surface area (TPSA) is 41.6 Å². The fourth-order valence-electron chi connectivity index (χ4n) is 1.73. The van der Waals surface area contributed by atoms with Gasteiger partial charge in [0.15, 0.2) is 0 Å². The molecule has 0 spiro atoms. The molecule has 0 radical (unpaired) electrons. The number of nitrogens with zero attached hydrogens (tertiary/aromatic N) is 1. The standard InChI is InChI=1S/C10H17F3N2O2/c1-9(2)7-17-4-3-15(9)8(16)5-14-6-10(11,12)13/h14H,3-7H2,1-2H3. The molecule has 4 nitrogen and oxygen atoms in total. The van der Waals surface area contributed by atoms with Crippen LogP contribution in [0.4, 0.5) is 13.2 Å². The summed E-state index contributed by atoms with van der Waals surface area (Å²) < 4.78 is 40.9. The van der Waals surface area contributed by atoms with E-state index in [-0.39, 0.29) is 12.5 Å². The minimum absolute atomic E-state index is 0.303. The van der Waals surface area contributed by atoms with Gasteiger partial charge in [0, 0.05) is 6.54 Å². The number of hydrogen-bond donors (Lipinski definition) is 1. The van der Waals surface area contributed by atoms with Gasteiger partial charge in [0.2, 0.25) is 5.91 Å². The molecule has 7 heteroatoms. The van der Waals surface area contributed by atoms with Crippen molar-refractivity contribution in [2.24, 2.45) is 0 Å². The van der Waals surface area contributed by atoms with Crippen LogP contribution in [0.1, 0.15) is 13.8 Å². The van der Waals surface area contributed by atoms with Crippen molar-refractivity contribution >= 4 is 5.91 Å². The molecule has 0 saturated carbocycles. The number of alkyl halides is 3. The Morgan fingerprint density at radius 2 is 2.12 bits per heavy atom. The summed E-state index contributed by atoms with van der Waals surface area (Å²) in [6.07, 6.45) is -4.29. The van der Waals surface area contributed by atoms with Gasteiger partial charge in [-0.05, 0) is 13.8 Å². The van der Waals surface area contributed by atoms with Gasteiger partial charge in [-0.3, -0.25) is 4.79 Å². The van der Waals surface area contributed by atoms with Gasteiger partial charge in [-0.25, -0.2) is 0 Å². The molecule has 100 valence electrons. The first-order chi connectivity index (χ1) is 7.72. The summed E-state index contributed by atoms with van der Waals surface area (Å²) >= 11 is 0. The highest BCUT2D eigenvalue weighted by atomic mass is 19.4. The molecule has 1 N–H and O–H groups in total. The maximum Gasteiger partial charge on any atom is 0.401 e. The van der Waals surface area contributed by atoms with Crippen LogP contribution in [-0.2, 0) is 9.53 Å². The summed E-state index contributed by atoms with van der Waals surface area (Å²) in [4.78, 5) is 13.3. The number of morpholine rings is 1. The predicted molar refractivity (Wildman–Crippen MR) is 55.5 cm³/mol. The third-order valence-corrected chi connectivity index (χ3v) is 2.55. The largest absolute Gasteiger partial charge is 0.401 e. The Bertz CT molecular complexity index is 279. The molecule has 1 saturated heterocycles. The molecule has 1 heterocycles. The van der Waals surface area contributed by atoms with E-state index in [2.05, 4.69) is 5.32 Å². The summed E-state index contributed by atoms with van der Waals surface area (Å²) in [6, 6.07) is 0. The van der Waals surface area contributed by atoms with Gasteiger partial charge in [-0.1, -0.05) is 0 Å². The van der Waals surface area contributed by atoms with Crippen LogP contribution in [0.5, 0.6) is 0 Å². The SMILES string of the molecule is CC1(C)COCCN1C(=O)CNCC(F)(F)F. The highest BCUT2D eigenvalue weighted by Gasteiger charge is 2.34. The number of amides is 1. The molecule has 0 aromatic carbocycles. The third-order valence-electron chi connectivity index (χ3n) is 2.55. The second kappa shape index (κ2) is 5.22. The van der Waals surface area contributed by atoms with Crippen molar-refractivity contribution in [2.75, 3.05) is 32.8 Å². The molecular weight excluding hydrogens is 237 g/mol. The van der Waals surface area contributed by atoms with Gasteiger partial charge in [0.25, 0.3) is 0 Å². The van der Waals surface area contributed by atoms with Crippen LogP contribution < -0.4 is 5.32 Å². The maximum atomic E-state index is 11.9. The van der Waals surface area contributed by atoms with Crippen molar-refractivity contribution in [3.63, 3.8) is 0 Å². The highest BCUT2D eigenvalue weighted by molar-refractivity contribution is 5.79. The van der Waals surface area contributed by atoms with Crippen molar-refractivity contribution < 1.29 is 22.7 Å². The predicted octanol–water partition coefficient (Wildman–Crippen LogP) is 0.776. The van der Waals surface area contributed by atoms with Crippen molar-refractivity contribution in [1.82, 2.24) is 10.2 Å². The van der Waals surface area contributed by atoms with E-state index in [4.69, 9.17) is 4.74 Å². The zero-order chi connectivity index (χ0) is 13.1. The number of hydrogen-bond acceptors (Lipinski definition) is 3. The fraction of sp³-hybridized carbons (Fsp3) is 0.900. The van der Waals surface area contributed by atoms with Crippen LogP contribution >= 0.6 is 0 Å². The number of carbonyl (C=O) groups is 1. The monoisotopic (exact) mass is 254 g/mol. The molecule has 0 unspecified atom stereocenters. The van der Waals surface area contributed by atoms with Gasteiger partial charge >= 0.3 is 6.18 Å². The molecule has 0 aliphatic carbocycles. The minimum Gasteiger partial charge on any atom is -0.377 e. The van der Waals surface area contributed by atoms with Crippen molar-refractivity contribution in [3.05, 3.63) is 0 Å². The molecule has 1 fully saturated rings. The number of halogens is 3. The van der Waals surface area contributed by atoms with E-state index >= 15 is 0 Å². The van der Waals surface area contributed by atoms with Crippen LogP contribution in [0, 0.1) is 0 Å². The summed E-state index contributed by atoms with van der Waals surface area (Å²) in [6.45, 7) is 3.44. The van der Waals surface area contributed by atoms with E-state index in [9.17, 15) is 18.0 Å². The van der Waals surface area contributed by atoms with E-state index in [1.165, 1.54) is 0 Å². The van der Waals surface area contributed by atoms with Gasteiger partial charge in [0.05, 0.1) is 31.8 Å². The Labute approximate surface area is 98.1 Å². The van der Waals surface area contributed by atoms with E-state index in [0.29, 0.717) is 19.8 Å². The number of carbonyl (C=O) groups excluding carboxylic acids is 1. The van der Waals surface area contributed by atoms with Crippen molar-refractivity contribution in [1.29, 1.82) is 0 Å². The van der Waals surface area contributed by atoms with Crippen LogP contribution in [0.3, 0.4) is 0 Å². The lowest BCUT2D eigenvalue weighted by Gasteiger charge is -2.42. The molecule has 17 heavy (non-hydrogen) atoms. The van der Waals surface area contributed by atoms with Crippen molar-refractivity contribution in [2.45, 2.75) is 25.6 Å². The molecule has 0 aromatic heterocycles. The zero-order valence-electron chi connectivity index (χ0n) is 9.93. The molecule has 1 rings (SSSR count). The number of nitrogens with one attached hydrogen (secondary N) is 1. The van der Waals surface area contributed by atoms with Crippen LogP contribution in [-0.4, -0.2) is 55.4 Å². The minimum atomic E-state index is -4.29. The van der Waals surface area contributed by atoms with Gasteiger partial charge in [-0.2, -0.15) is 13.2 Å². The van der Waals surface area contributed by atoms with Gasteiger partial charge < -0.3 is 15.0 Å². The Morgan fingerprint density at radius 3 is 2.65 bits per heavy atom. The average molecular weight is 254 g/mol. The number of ether oxygens (including phenoxy) is 1. The molecular formula is C10H17F3N2O2. The highest BCUT2D eigenvalue weighted by Crippen LogP contribution is 2.19. The average Bonchev–Trinajstić information content (AvgIpc) is 2.14. The summed E-state index contributed by atoms with van der Waals surface area (Å²) in [5, 5.41) is 2.10. The van der Waals surface area contributed by atoms with Crippen LogP contribution in [0.15, 0.2) is 0 Å². The first kappa shape index (κ1) is 14.2. The lowest BCUT2D eigenvalue weighted by Crippen LogP contribution is -2.57. The summed E-state index contributed by atoms with van der Waals surface area (Å²) in [5.41, 5.74) is -0.463. The summed E-state index contributed by atoms with van der Waals surface area (Å²) in [7, 11) is 0. The second-order valence-electron chi connectivity index (χ2n) is 4.63. The second-order valence-corrected chi connectivity index (χ2v) is 4.63. The Hall–Kier alpha value is -0.820. The van der Waals surface area contributed by atoms with Gasteiger partial charge in [0.1, 0.15) is 0 Å². The molecule has 0 atom stereocenters. The van der Waals surface area contributed by atoms with E-state index in [0.717, 1.165) is 0 Å². The lowest BCUT2D eigenvalue weighted by atomic mass is 10.0. The quantitative estimate of drug-likeness (QED) is 0.809. The first-order valence-corrected chi connectivity index (χ1v) is 5.38. The number of rotatable bonds is 3. The molecule has 0 bridgehead atoms. The fourth-order valence-corrected chi connectivity index (χ4v) is 1.73. The Kier molecular flexibility index (Phi) is 4.37. The van der Waals surface area contributed by atoms with E-state index in [1.54, 1.807) is 4.90 Å². The van der Waals surface area contributed by atoms with E-state index < -0.39 is 18.3 Å². The normalized spacial score (nSPS) is 20.4. The molecule has 0 aromatic rings. The van der Waals surface area contributed by atoms with Crippen molar-refractivity contribution in [3.8, 4) is 0 Å². The van der Waals surface area contributed by atoms with Gasteiger partial charge in [-0.15, -0.1) is 0 Å². The van der Waals surface area contributed by atoms with E-state index in [1.807, 2.05) is 13.8 Å². The van der Waals surface area contributed by atoms with Crippen LogP contribution in [0.2, 0.25) is 0 Å². The molecule has 1 amide bonds. The Balaban J connectivity index is 2.41. The summed E-state index contributed by atoms with van der Waals surface area (Å²) in [5.74, 6) is -0.331. The lowest BCUT2D eigenvalue weighted by molar-refractivity contribution is -0.147. The smallest absolute Gasteiger partial charge is 0.377 e. The third kappa shape index (κ3) is 4.51. The Morgan fingerprint density at radius 1 is 1.47 bits per heavy atom. The van der Waals surface area contributed by atoms with Crippen LogP contribution in [0.25, 0.3) is 0 Å². The zero-order valence-corrected chi connectivity index (χ0v) is 9.93. The maximum absolute atomic E-state index is 11.9.